The van der Waals surface area contributed by atoms with Gasteiger partial charge in [-0.3, -0.25) is 19.3 Å². The normalized spacial score (nSPS) is 16.8. The van der Waals surface area contributed by atoms with Crippen LogP contribution >= 0.6 is 11.8 Å². The summed E-state index contributed by atoms with van der Waals surface area (Å²) >= 11 is 0.776. The molecular weight excluding hydrogens is 358 g/mol. The van der Waals surface area contributed by atoms with Crippen molar-refractivity contribution in [1.82, 2.24) is 4.90 Å². The van der Waals surface area contributed by atoms with E-state index >= 15 is 0 Å². The van der Waals surface area contributed by atoms with Crippen molar-refractivity contribution < 1.29 is 28.6 Å². The molecule has 1 atom stereocenters. The lowest BCUT2D eigenvalue weighted by molar-refractivity contribution is -0.150. The zero-order valence-corrected chi connectivity index (χ0v) is 15.9. The lowest BCUT2D eigenvalue weighted by Crippen LogP contribution is -2.35. The van der Waals surface area contributed by atoms with Crippen molar-refractivity contribution in [3.05, 3.63) is 28.7 Å². The number of hydrogen-bond acceptors (Lipinski definition) is 7. The summed E-state index contributed by atoms with van der Waals surface area (Å²) in [6.45, 7) is 3.23. The van der Waals surface area contributed by atoms with Crippen LogP contribution in [0, 0.1) is 0 Å². The first-order valence-corrected chi connectivity index (χ1v) is 8.88. The van der Waals surface area contributed by atoms with Crippen LogP contribution in [0.25, 0.3) is 6.08 Å². The number of amides is 2. The van der Waals surface area contributed by atoms with Gasteiger partial charge >= 0.3 is 5.97 Å². The first kappa shape index (κ1) is 19.8. The molecule has 0 spiro atoms. The molecule has 0 unspecified atom stereocenters. The van der Waals surface area contributed by atoms with Crippen molar-refractivity contribution in [1.29, 1.82) is 0 Å². The van der Waals surface area contributed by atoms with E-state index in [9.17, 15) is 14.4 Å². The maximum atomic E-state index is 12.5. The number of rotatable bonds is 7. The number of esters is 1. The van der Waals surface area contributed by atoms with E-state index in [2.05, 4.69) is 0 Å². The SMILES string of the molecule is CC[C@H](C)OC(=O)CN1C(=O)S/C(=C/c2ccc(OC)cc2OC)C1=O. The summed E-state index contributed by atoms with van der Waals surface area (Å²) in [6, 6.07) is 5.13. The summed E-state index contributed by atoms with van der Waals surface area (Å²) in [5.74, 6) is -0.0175. The number of hydrogen-bond donors (Lipinski definition) is 0. The van der Waals surface area contributed by atoms with Crippen LogP contribution in [0.1, 0.15) is 25.8 Å². The Balaban J connectivity index is 2.18. The molecule has 0 saturated carbocycles. The molecule has 1 saturated heterocycles. The van der Waals surface area contributed by atoms with Crippen LogP contribution < -0.4 is 9.47 Å². The van der Waals surface area contributed by atoms with Gasteiger partial charge in [-0.25, -0.2) is 0 Å². The Morgan fingerprint density at radius 3 is 2.62 bits per heavy atom. The van der Waals surface area contributed by atoms with Gasteiger partial charge in [-0.15, -0.1) is 0 Å². The second-order valence-corrected chi connectivity index (χ2v) is 6.58. The fourth-order valence-electron chi connectivity index (χ4n) is 2.19. The average molecular weight is 379 g/mol. The maximum absolute atomic E-state index is 12.5. The minimum atomic E-state index is -0.607. The minimum absolute atomic E-state index is 0.217. The van der Waals surface area contributed by atoms with Gasteiger partial charge in [0.25, 0.3) is 11.1 Å². The number of carbonyl (C=O) groups is 3. The smallest absolute Gasteiger partial charge is 0.326 e. The van der Waals surface area contributed by atoms with Crippen molar-refractivity contribution in [2.75, 3.05) is 20.8 Å². The van der Waals surface area contributed by atoms with Crippen LogP contribution in [0.4, 0.5) is 4.79 Å². The van der Waals surface area contributed by atoms with E-state index in [1.54, 1.807) is 31.2 Å². The summed E-state index contributed by atoms with van der Waals surface area (Å²) in [4.78, 5) is 37.5. The zero-order valence-electron chi connectivity index (χ0n) is 15.1. The second kappa shape index (κ2) is 8.75. The largest absolute Gasteiger partial charge is 0.497 e. The highest BCUT2D eigenvalue weighted by Gasteiger charge is 2.37. The highest BCUT2D eigenvalue weighted by molar-refractivity contribution is 8.18. The molecule has 0 bridgehead atoms. The predicted molar refractivity (Wildman–Crippen MR) is 98.1 cm³/mol. The van der Waals surface area contributed by atoms with Gasteiger partial charge in [0.15, 0.2) is 0 Å². The van der Waals surface area contributed by atoms with E-state index in [1.807, 2.05) is 6.92 Å². The fourth-order valence-corrected chi connectivity index (χ4v) is 3.02. The third kappa shape index (κ3) is 4.57. The molecule has 140 valence electrons. The summed E-state index contributed by atoms with van der Waals surface area (Å²) in [5.41, 5.74) is 0.626. The molecule has 0 aromatic heterocycles. The lowest BCUT2D eigenvalue weighted by Gasteiger charge is -2.14. The van der Waals surface area contributed by atoms with Gasteiger partial charge in [-0.05, 0) is 43.3 Å². The average Bonchev–Trinajstić information content (AvgIpc) is 2.89. The Hall–Kier alpha value is -2.48. The molecule has 1 aliphatic rings. The van der Waals surface area contributed by atoms with Crippen LogP contribution in [0.2, 0.25) is 0 Å². The first-order chi connectivity index (χ1) is 12.4. The van der Waals surface area contributed by atoms with Crippen molar-refractivity contribution in [3.63, 3.8) is 0 Å². The summed E-state index contributed by atoms with van der Waals surface area (Å²) in [6.07, 6.45) is 1.95. The third-order valence-electron chi connectivity index (χ3n) is 3.80. The number of imide groups is 1. The number of thioether (sulfide) groups is 1. The Morgan fingerprint density at radius 1 is 1.27 bits per heavy atom. The molecule has 1 aliphatic heterocycles. The Bertz CT molecular complexity index is 745. The number of ether oxygens (including phenoxy) is 3. The highest BCUT2D eigenvalue weighted by Crippen LogP contribution is 2.34. The second-order valence-electron chi connectivity index (χ2n) is 5.58. The molecule has 2 rings (SSSR count). The van der Waals surface area contributed by atoms with Crippen LogP contribution in [-0.4, -0.2) is 48.9 Å². The Kier molecular flexibility index (Phi) is 6.68. The summed E-state index contributed by atoms with van der Waals surface area (Å²) in [5, 5.41) is -0.505. The molecular formula is C18H21NO6S. The van der Waals surface area contributed by atoms with Gasteiger partial charge in [-0.1, -0.05) is 6.92 Å². The molecule has 1 aromatic rings. The maximum Gasteiger partial charge on any atom is 0.326 e. The number of carbonyl (C=O) groups excluding carboxylic acids is 3. The van der Waals surface area contributed by atoms with E-state index in [0.717, 1.165) is 16.7 Å². The van der Waals surface area contributed by atoms with E-state index in [1.165, 1.54) is 14.2 Å². The molecule has 1 heterocycles. The standard InChI is InChI=1S/C18H21NO6S/c1-5-11(2)25-16(20)10-19-17(21)15(26-18(19)22)8-12-6-7-13(23-3)9-14(12)24-4/h6-9,11H,5,10H2,1-4H3/b15-8+/t11-/m0/s1. The van der Waals surface area contributed by atoms with Gasteiger partial charge in [0.05, 0.1) is 25.2 Å². The summed E-state index contributed by atoms with van der Waals surface area (Å²) in [7, 11) is 3.04. The molecule has 1 fully saturated rings. The minimum Gasteiger partial charge on any atom is -0.497 e. The molecule has 8 heteroatoms. The van der Waals surface area contributed by atoms with Crippen LogP contribution in [-0.2, 0) is 14.3 Å². The van der Waals surface area contributed by atoms with Crippen molar-refractivity contribution >= 4 is 35.0 Å². The molecule has 1 aromatic carbocycles. The van der Waals surface area contributed by atoms with Gasteiger partial charge in [0.1, 0.15) is 18.0 Å². The van der Waals surface area contributed by atoms with Gasteiger partial charge in [0, 0.05) is 11.6 Å². The number of methoxy groups -OCH3 is 2. The topological polar surface area (TPSA) is 82.1 Å². The molecule has 7 nitrogen and oxygen atoms in total. The van der Waals surface area contributed by atoms with E-state index in [-0.39, 0.29) is 11.0 Å². The number of nitrogens with zero attached hydrogens (tertiary/aromatic N) is 1. The third-order valence-corrected chi connectivity index (χ3v) is 4.70. The van der Waals surface area contributed by atoms with Crippen LogP contribution in [0.15, 0.2) is 23.1 Å². The Labute approximate surface area is 156 Å². The lowest BCUT2D eigenvalue weighted by atomic mass is 10.1. The molecule has 0 radical (unpaired) electrons. The van der Waals surface area contributed by atoms with Gasteiger partial charge < -0.3 is 14.2 Å². The molecule has 26 heavy (non-hydrogen) atoms. The first-order valence-electron chi connectivity index (χ1n) is 8.06. The quantitative estimate of drug-likeness (QED) is 0.532. The summed E-state index contributed by atoms with van der Waals surface area (Å²) < 4.78 is 15.6. The van der Waals surface area contributed by atoms with Gasteiger partial charge in [-0.2, -0.15) is 0 Å². The molecule has 2 amide bonds. The molecule has 0 N–H and O–H groups in total. The fraction of sp³-hybridized carbons (Fsp3) is 0.389. The van der Waals surface area contributed by atoms with E-state index < -0.39 is 23.7 Å². The van der Waals surface area contributed by atoms with Gasteiger partial charge in [0.2, 0.25) is 0 Å². The monoisotopic (exact) mass is 379 g/mol. The highest BCUT2D eigenvalue weighted by atomic mass is 32.2. The molecule has 0 aliphatic carbocycles. The van der Waals surface area contributed by atoms with Crippen molar-refractivity contribution in [3.8, 4) is 11.5 Å². The van der Waals surface area contributed by atoms with Crippen molar-refractivity contribution in [2.24, 2.45) is 0 Å². The predicted octanol–water partition coefficient (Wildman–Crippen LogP) is 3.08. The van der Waals surface area contributed by atoms with Crippen LogP contribution in [0.5, 0.6) is 11.5 Å². The van der Waals surface area contributed by atoms with E-state index in [4.69, 9.17) is 14.2 Å². The van der Waals surface area contributed by atoms with Crippen molar-refractivity contribution in [2.45, 2.75) is 26.4 Å². The Morgan fingerprint density at radius 2 is 2.00 bits per heavy atom. The van der Waals surface area contributed by atoms with Crippen LogP contribution in [0.3, 0.4) is 0 Å². The van der Waals surface area contributed by atoms with E-state index in [0.29, 0.717) is 23.5 Å². The number of benzene rings is 1. The zero-order chi connectivity index (χ0) is 19.3.